The number of hydrogen-bond donors (Lipinski definition) is 0. The van der Waals surface area contributed by atoms with E-state index >= 15 is 0 Å². The molecule has 0 aliphatic carbocycles. The zero-order valence-corrected chi connectivity index (χ0v) is 17.9. The zero-order valence-electron chi connectivity index (χ0n) is 16.2. The van der Waals surface area contributed by atoms with E-state index in [-0.39, 0.29) is 21.6 Å². The molecule has 156 valence electrons. The summed E-state index contributed by atoms with van der Waals surface area (Å²) in [6, 6.07) is 18.7. The van der Waals surface area contributed by atoms with Crippen molar-refractivity contribution in [2.45, 2.75) is 42.6 Å². The molecule has 8 nitrogen and oxygen atoms in total. The van der Waals surface area contributed by atoms with Crippen molar-refractivity contribution in [2.75, 3.05) is 6.61 Å². The van der Waals surface area contributed by atoms with Crippen molar-refractivity contribution in [1.29, 1.82) is 0 Å². The van der Waals surface area contributed by atoms with Crippen molar-refractivity contribution in [3.8, 4) is 0 Å². The first-order valence-corrected chi connectivity index (χ1v) is 11.4. The molecule has 2 aliphatic heterocycles. The van der Waals surface area contributed by atoms with E-state index in [1.54, 1.807) is 0 Å². The number of esters is 1. The zero-order chi connectivity index (χ0) is 20.9. The van der Waals surface area contributed by atoms with Crippen molar-refractivity contribution in [2.24, 2.45) is 5.11 Å². The third-order valence-corrected chi connectivity index (χ3v) is 7.31. The van der Waals surface area contributed by atoms with Crippen molar-refractivity contribution < 1.29 is 23.7 Å². The Kier molecular flexibility index (Phi) is 6.69. The Hall–Kier alpha value is -2.38. The van der Waals surface area contributed by atoms with E-state index in [2.05, 4.69) is 10.0 Å². The Bertz CT molecular complexity index is 909. The van der Waals surface area contributed by atoms with Crippen molar-refractivity contribution in [1.82, 2.24) is 0 Å². The minimum absolute atomic E-state index is 0.167. The molecule has 0 radical (unpaired) electrons. The van der Waals surface area contributed by atoms with Crippen LogP contribution >= 0.6 is 0 Å². The second-order valence-corrected chi connectivity index (χ2v) is 9.38. The summed E-state index contributed by atoms with van der Waals surface area (Å²) < 4.78 is 25.1. The summed E-state index contributed by atoms with van der Waals surface area (Å²) in [5.41, 5.74) is 10.0. The first-order valence-electron chi connectivity index (χ1n) is 9.56. The minimum atomic E-state index is -0.761. The molecule has 2 saturated heterocycles. The predicted molar refractivity (Wildman–Crippen MR) is 109 cm³/mol. The first kappa shape index (κ1) is 20.9. The van der Waals surface area contributed by atoms with Gasteiger partial charge < -0.3 is 0 Å². The van der Waals surface area contributed by atoms with Crippen LogP contribution in [0.5, 0.6) is 0 Å². The van der Waals surface area contributed by atoms with Crippen molar-refractivity contribution in [3.05, 3.63) is 76.7 Å². The molecule has 6 atom stereocenters. The Morgan fingerprint density at radius 3 is 2.50 bits per heavy atom. The van der Waals surface area contributed by atoms with E-state index < -0.39 is 41.6 Å². The monoisotopic (exact) mass is 475 g/mol. The van der Waals surface area contributed by atoms with Gasteiger partial charge in [0.2, 0.25) is 0 Å². The second-order valence-electron chi connectivity index (χ2n) is 6.92. The van der Waals surface area contributed by atoms with Crippen LogP contribution in [-0.2, 0) is 23.7 Å². The fraction of sp³-hybridized carbons (Fsp3) is 0.381. The van der Waals surface area contributed by atoms with E-state index in [9.17, 15) is 10.3 Å². The number of hydrogen-bond acceptors (Lipinski definition) is 6. The van der Waals surface area contributed by atoms with E-state index in [4.69, 9.17) is 18.9 Å². The van der Waals surface area contributed by atoms with Crippen LogP contribution in [0.15, 0.2) is 65.8 Å². The third-order valence-electron chi connectivity index (χ3n) is 4.86. The molecule has 0 amide bonds. The normalized spacial score (nSPS) is 30.6. The molecule has 9 heteroatoms. The molecule has 4 rings (SSSR count). The molecule has 0 N–H and O–H groups in total. The summed E-state index contributed by atoms with van der Waals surface area (Å²) in [5, 5.41) is 3.54. The Morgan fingerprint density at radius 1 is 1.13 bits per heavy atom. The molecular weight excluding hydrogens is 453 g/mol. The molecule has 0 aromatic heterocycles. The summed E-state index contributed by atoms with van der Waals surface area (Å²) >= 11 is -0.167. The predicted octanol–water partition coefficient (Wildman–Crippen LogP) is 2.47. The van der Waals surface area contributed by atoms with E-state index in [1.165, 1.54) is 6.92 Å². The summed E-state index contributed by atoms with van der Waals surface area (Å²) in [6.45, 7) is 1.62. The van der Waals surface area contributed by atoms with Crippen LogP contribution in [0.25, 0.3) is 10.4 Å². The summed E-state index contributed by atoms with van der Waals surface area (Å²) in [6.07, 6.45) is -2.42. The number of carbonyl (C=O) groups excluding carboxylic acids is 1. The third kappa shape index (κ3) is 4.68. The molecule has 0 saturated carbocycles. The van der Waals surface area contributed by atoms with Gasteiger partial charge in [-0.05, 0) is 0 Å². The van der Waals surface area contributed by atoms with Gasteiger partial charge >= 0.3 is 180 Å². The number of nitrogens with zero attached hydrogens (tertiary/aromatic N) is 3. The second kappa shape index (κ2) is 9.62. The maximum atomic E-state index is 11.9. The van der Waals surface area contributed by atoms with Gasteiger partial charge in [0, 0.05) is 0 Å². The number of carbonyl (C=O) groups is 1. The van der Waals surface area contributed by atoms with Crippen LogP contribution in [0.3, 0.4) is 0 Å². The van der Waals surface area contributed by atoms with Gasteiger partial charge in [-0.15, -0.1) is 0 Å². The molecule has 0 bridgehead atoms. The van der Waals surface area contributed by atoms with Crippen LogP contribution in [0.2, 0.25) is 0 Å². The SMILES string of the molecule is CC(=O)O[C@@H]1[C@@H](N=[N+]=[N-])[C@@H]([Se]c2ccccc2)O[C@@H]2COC(c3ccccc3)O[C@@H]12. The van der Waals surface area contributed by atoms with Crippen LogP contribution in [-0.4, -0.2) is 56.9 Å². The molecule has 2 heterocycles. The summed E-state index contributed by atoms with van der Waals surface area (Å²) in [5.74, 6) is -0.462. The Labute approximate surface area is 180 Å². The molecule has 30 heavy (non-hydrogen) atoms. The molecule has 2 aromatic rings. The van der Waals surface area contributed by atoms with Gasteiger partial charge in [-0.25, -0.2) is 0 Å². The van der Waals surface area contributed by atoms with Gasteiger partial charge in [0.05, 0.1) is 0 Å². The van der Waals surface area contributed by atoms with E-state index in [0.717, 1.165) is 10.0 Å². The molecule has 2 fully saturated rings. The summed E-state index contributed by atoms with van der Waals surface area (Å²) in [4.78, 5) is 14.9. The Morgan fingerprint density at radius 2 is 1.83 bits per heavy atom. The van der Waals surface area contributed by atoms with Gasteiger partial charge in [0.15, 0.2) is 0 Å². The van der Waals surface area contributed by atoms with Crippen LogP contribution < -0.4 is 4.46 Å². The van der Waals surface area contributed by atoms with Crippen LogP contribution in [0, 0.1) is 0 Å². The number of fused-ring (bicyclic) bond motifs is 1. The molecular formula is C21H21N3O5Se. The molecule has 2 aliphatic rings. The fourth-order valence-electron chi connectivity index (χ4n) is 3.58. The van der Waals surface area contributed by atoms with Gasteiger partial charge in [-0.2, -0.15) is 0 Å². The topological polar surface area (TPSA) is 103 Å². The van der Waals surface area contributed by atoms with Gasteiger partial charge in [-0.3, -0.25) is 0 Å². The number of benzene rings is 2. The van der Waals surface area contributed by atoms with Gasteiger partial charge in [0.25, 0.3) is 0 Å². The average molecular weight is 474 g/mol. The maximum absolute atomic E-state index is 11.9. The quantitative estimate of drug-likeness (QED) is 0.218. The van der Waals surface area contributed by atoms with E-state index in [1.807, 2.05) is 60.7 Å². The van der Waals surface area contributed by atoms with Crippen LogP contribution in [0.1, 0.15) is 18.8 Å². The number of rotatable bonds is 5. The van der Waals surface area contributed by atoms with Crippen LogP contribution in [0.4, 0.5) is 0 Å². The molecule has 1 unspecified atom stereocenters. The summed E-state index contributed by atoms with van der Waals surface area (Å²) in [7, 11) is 0. The van der Waals surface area contributed by atoms with Gasteiger partial charge in [0.1, 0.15) is 0 Å². The van der Waals surface area contributed by atoms with Crippen molar-refractivity contribution >= 4 is 25.4 Å². The first-order chi connectivity index (χ1) is 14.7. The standard InChI is InChI=1S/C21H21N3O5Se/c1-13(25)27-19-17(23-24-22)21(30-15-10-6-3-7-11-15)28-16-12-26-20(29-18(16)19)14-8-4-2-5-9-14/h2-11,16-21H,12H2,1H3/t16-,17-,18-,19-,20?,21-/m1/s1. The fourth-order valence-corrected chi connectivity index (χ4v) is 5.95. The van der Waals surface area contributed by atoms with Gasteiger partial charge in [-0.1, -0.05) is 0 Å². The molecule has 0 spiro atoms. The molecule has 2 aromatic carbocycles. The Balaban J connectivity index is 1.61. The average Bonchev–Trinajstić information content (AvgIpc) is 2.77. The van der Waals surface area contributed by atoms with E-state index in [0.29, 0.717) is 0 Å². The number of ether oxygens (including phenoxy) is 4. The number of azide groups is 1. The van der Waals surface area contributed by atoms with Crippen molar-refractivity contribution in [3.63, 3.8) is 0 Å².